The second-order valence-corrected chi connectivity index (χ2v) is 4.05. The molecule has 0 aliphatic carbocycles. The van der Waals surface area contributed by atoms with Crippen molar-refractivity contribution in [2.75, 3.05) is 7.11 Å². The predicted molar refractivity (Wildman–Crippen MR) is 64.2 cm³/mol. The van der Waals surface area contributed by atoms with Gasteiger partial charge in [0.1, 0.15) is 6.04 Å². The number of aryl methyl sites for hydroxylation is 1. The lowest BCUT2D eigenvalue weighted by Crippen LogP contribution is -2.36. The zero-order valence-electron chi connectivity index (χ0n) is 10.3. The zero-order valence-corrected chi connectivity index (χ0v) is 10.3. The summed E-state index contributed by atoms with van der Waals surface area (Å²) in [6.07, 6.45) is 0. The molecule has 0 spiro atoms. The Labute approximate surface area is 96.8 Å². The Balaban J connectivity index is 2.65. The van der Waals surface area contributed by atoms with E-state index >= 15 is 0 Å². The number of carbonyl (C=O) groups excluding carboxylic acids is 1. The first kappa shape index (κ1) is 12.7. The van der Waals surface area contributed by atoms with Crippen LogP contribution in [0.4, 0.5) is 0 Å². The fourth-order valence-electron chi connectivity index (χ4n) is 1.66. The highest BCUT2D eigenvalue weighted by molar-refractivity contribution is 5.75. The van der Waals surface area contributed by atoms with Crippen molar-refractivity contribution in [3.05, 3.63) is 35.4 Å². The summed E-state index contributed by atoms with van der Waals surface area (Å²) < 4.78 is 4.67. The topological polar surface area (TPSA) is 38.3 Å². The molecule has 0 saturated heterocycles. The highest BCUT2D eigenvalue weighted by Crippen LogP contribution is 2.14. The number of esters is 1. The van der Waals surface area contributed by atoms with Crippen molar-refractivity contribution in [2.45, 2.75) is 32.9 Å². The molecule has 1 aromatic carbocycles. The highest BCUT2D eigenvalue weighted by atomic mass is 16.5. The fourth-order valence-corrected chi connectivity index (χ4v) is 1.66. The maximum Gasteiger partial charge on any atom is 0.322 e. The van der Waals surface area contributed by atoms with E-state index in [0.717, 1.165) is 0 Å². The molecule has 0 amide bonds. The van der Waals surface area contributed by atoms with Crippen LogP contribution in [0, 0.1) is 6.92 Å². The first-order chi connectivity index (χ1) is 7.54. The minimum absolute atomic E-state index is 0.133. The van der Waals surface area contributed by atoms with Gasteiger partial charge >= 0.3 is 5.97 Å². The van der Waals surface area contributed by atoms with Gasteiger partial charge in [0.25, 0.3) is 0 Å². The Bertz CT molecular complexity index is 363. The lowest BCUT2D eigenvalue weighted by molar-refractivity contribution is -0.142. The Hall–Kier alpha value is -1.35. The maximum absolute atomic E-state index is 11.3. The molecule has 3 nitrogen and oxygen atoms in total. The summed E-state index contributed by atoms with van der Waals surface area (Å²) in [6, 6.07) is 8.08. The summed E-state index contributed by atoms with van der Waals surface area (Å²) in [5, 5.41) is 3.20. The average Bonchev–Trinajstić information content (AvgIpc) is 2.27. The average molecular weight is 221 g/mol. The molecule has 0 fully saturated rings. The van der Waals surface area contributed by atoms with E-state index in [0.29, 0.717) is 0 Å². The summed E-state index contributed by atoms with van der Waals surface area (Å²) in [5.41, 5.74) is 2.40. The Morgan fingerprint density at radius 3 is 2.62 bits per heavy atom. The molecule has 0 aliphatic heterocycles. The van der Waals surface area contributed by atoms with Crippen molar-refractivity contribution >= 4 is 5.97 Å². The normalized spacial score (nSPS) is 14.2. The third kappa shape index (κ3) is 3.35. The van der Waals surface area contributed by atoms with Gasteiger partial charge in [-0.15, -0.1) is 0 Å². The third-order valence-corrected chi connectivity index (χ3v) is 2.60. The summed E-state index contributed by atoms with van der Waals surface area (Å²) in [6.45, 7) is 5.90. The smallest absolute Gasteiger partial charge is 0.322 e. The van der Waals surface area contributed by atoms with Gasteiger partial charge in [-0.3, -0.25) is 10.1 Å². The van der Waals surface area contributed by atoms with E-state index < -0.39 is 0 Å². The minimum atomic E-state index is -0.291. The molecular formula is C13H19NO2. The van der Waals surface area contributed by atoms with Crippen LogP contribution in [-0.2, 0) is 9.53 Å². The van der Waals surface area contributed by atoms with Crippen molar-refractivity contribution in [3.63, 3.8) is 0 Å². The fraction of sp³-hybridized carbons (Fsp3) is 0.462. The van der Waals surface area contributed by atoms with E-state index in [1.54, 1.807) is 6.92 Å². The monoisotopic (exact) mass is 221 g/mol. The van der Waals surface area contributed by atoms with Crippen LogP contribution >= 0.6 is 0 Å². The largest absolute Gasteiger partial charge is 0.468 e. The van der Waals surface area contributed by atoms with Gasteiger partial charge in [-0.25, -0.2) is 0 Å². The van der Waals surface area contributed by atoms with Crippen LogP contribution in [0.2, 0.25) is 0 Å². The molecule has 0 heterocycles. The molecular weight excluding hydrogens is 202 g/mol. The number of benzene rings is 1. The quantitative estimate of drug-likeness (QED) is 0.792. The van der Waals surface area contributed by atoms with Gasteiger partial charge in [-0.1, -0.05) is 29.8 Å². The van der Waals surface area contributed by atoms with Gasteiger partial charge in [-0.2, -0.15) is 0 Å². The van der Waals surface area contributed by atoms with Gasteiger partial charge in [0.05, 0.1) is 7.11 Å². The first-order valence-electron chi connectivity index (χ1n) is 5.45. The van der Waals surface area contributed by atoms with Crippen LogP contribution in [0.1, 0.15) is 31.0 Å². The van der Waals surface area contributed by atoms with Crippen LogP contribution in [0.5, 0.6) is 0 Å². The van der Waals surface area contributed by atoms with Crippen LogP contribution in [-0.4, -0.2) is 19.1 Å². The number of hydrogen-bond donors (Lipinski definition) is 1. The Morgan fingerprint density at radius 1 is 1.38 bits per heavy atom. The molecule has 0 bridgehead atoms. The highest BCUT2D eigenvalue weighted by Gasteiger charge is 2.16. The lowest BCUT2D eigenvalue weighted by atomic mass is 10.1. The standard InChI is InChI=1S/C13H19NO2/c1-9-6-5-7-12(8-9)10(2)14-11(3)13(15)16-4/h5-8,10-11,14H,1-4H3/t10-,11?/m1/s1. The summed E-state index contributed by atoms with van der Waals surface area (Å²) in [4.78, 5) is 11.3. The molecule has 0 aromatic heterocycles. The van der Waals surface area contributed by atoms with E-state index in [9.17, 15) is 4.79 Å². The van der Waals surface area contributed by atoms with Crippen LogP contribution in [0.25, 0.3) is 0 Å². The Morgan fingerprint density at radius 2 is 2.06 bits per heavy atom. The van der Waals surface area contributed by atoms with E-state index in [1.807, 2.05) is 13.0 Å². The molecule has 16 heavy (non-hydrogen) atoms. The predicted octanol–water partition coefficient (Wildman–Crippen LogP) is 2.21. The van der Waals surface area contributed by atoms with Crippen LogP contribution in [0.3, 0.4) is 0 Å². The van der Waals surface area contributed by atoms with Gasteiger partial charge < -0.3 is 4.74 Å². The van der Waals surface area contributed by atoms with E-state index in [-0.39, 0.29) is 18.1 Å². The lowest BCUT2D eigenvalue weighted by Gasteiger charge is -2.18. The molecule has 1 rings (SSSR count). The van der Waals surface area contributed by atoms with Crippen molar-refractivity contribution < 1.29 is 9.53 Å². The van der Waals surface area contributed by atoms with Crippen molar-refractivity contribution in [2.24, 2.45) is 0 Å². The Kier molecular flexibility index (Phi) is 4.50. The summed E-state index contributed by atoms with van der Waals surface area (Å²) in [7, 11) is 1.40. The second-order valence-electron chi connectivity index (χ2n) is 4.05. The molecule has 1 aromatic rings. The molecule has 3 heteroatoms. The summed E-state index contributed by atoms with van der Waals surface area (Å²) in [5.74, 6) is -0.237. The first-order valence-corrected chi connectivity index (χ1v) is 5.45. The van der Waals surface area contributed by atoms with E-state index in [4.69, 9.17) is 0 Å². The molecule has 1 unspecified atom stereocenters. The number of nitrogens with one attached hydrogen (secondary N) is 1. The van der Waals surface area contributed by atoms with Gasteiger partial charge in [0.15, 0.2) is 0 Å². The zero-order chi connectivity index (χ0) is 12.1. The number of carbonyl (C=O) groups is 1. The van der Waals surface area contributed by atoms with Crippen molar-refractivity contribution in [3.8, 4) is 0 Å². The van der Waals surface area contributed by atoms with Gasteiger partial charge in [0.2, 0.25) is 0 Å². The minimum Gasteiger partial charge on any atom is -0.468 e. The number of rotatable bonds is 4. The van der Waals surface area contributed by atoms with Gasteiger partial charge in [0, 0.05) is 6.04 Å². The van der Waals surface area contributed by atoms with Crippen LogP contribution in [0.15, 0.2) is 24.3 Å². The molecule has 2 atom stereocenters. The molecule has 0 saturated carbocycles. The molecule has 0 aliphatic rings. The molecule has 88 valence electrons. The van der Waals surface area contributed by atoms with E-state index in [2.05, 4.69) is 35.2 Å². The van der Waals surface area contributed by atoms with Gasteiger partial charge in [-0.05, 0) is 26.3 Å². The van der Waals surface area contributed by atoms with Crippen molar-refractivity contribution in [1.82, 2.24) is 5.32 Å². The van der Waals surface area contributed by atoms with E-state index in [1.165, 1.54) is 18.2 Å². The van der Waals surface area contributed by atoms with Crippen LogP contribution < -0.4 is 5.32 Å². The maximum atomic E-state index is 11.3. The van der Waals surface area contributed by atoms with Crippen molar-refractivity contribution in [1.29, 1.82) is 0 Å². The SMILES string of the molecule is COC(=O)C(C)N[C@H](C)c1cccc(C)c1. The molecule has 0 radical (unpaired) electrons. The summed E-state index contributed by atoms with van der Waals surface area (Å²) >= 11 is 0. The number of methoxy groups -OCH3 is 1. The second kappa shape index (κ2) is 5.66. The number of ether oxygens (including phenoxy) is 1. The third-order valence-electron chi connectivity index (χ3n) is 2.60. The molecule has 1 N–H and O–H groups in total. The number of hydrogen-bond acceptors (Lipinski definition) is 3.